The Labute approximate surface area is 133 Å². The lowest BCUT2D eigenvalue weighted by atomic mass is 9.86. The van der Waals surface area contributed by atoms with E-state index >= 15 is 0 Å². The van der Waals surface area contributed by atoms with Crippen molar-refractivity contribution >= 4 is 11.9 Å². The van der Waals surface area contributed by atoms with Crippen LogP contribution >= 0.6 is 0 Å². The molecule has 0 aliphatic heterocycles. The van der Waals surface area contributed by atoms with Crippen molar-refractivity contribution in [2.45, 2.75) is 31.7 Å². The lowest BCUT2D eigenvalue weighted by molar-refractivity contribution is -0.142. The van der Waals surface area contributed by atoms with E-state index in [1.165, 1.54) is 0 Å². The monoisotopic (exact) mass is 314 g/mol. The number of rotatable bonds is 4. The fourth-order valence-corrected chi connectivity index (χ4v) is 2.82. The van der Waals surface area contributed by atoms with Gasteiger partial charge < -0.3 is 10.4 Å². The Balaban J connectivity index is 1.59. The summed E-state index contributed by atoms with van der Waals surface area (Å²) in [7, 11) is 0. The van der Waals surface area contributed by atoms with Crippen molar-refractivity contribution in [2.24, 2.45) is 5.92 Å². The van der Waals surface area contributed by atoms with Crippen molar-refractivity contribution in [2.75, 3.05) is 0 Å². The minimum Gasteiger partial charge on any atom is -0.481 e. The van der Waals surface area contributed by atoms with E-state index in [1.54, 1.807) is 10.9 Å². The quantitative estimate of drug-likeness (QED) is 0.894. The molecule has 0 unspecified atom stereocenters. The van der Waals surface area contributed by atoms with Gasteiger partial charge in [0.15, 0.2) is 5.69 Å². The van der Waals surface area contributed by atoms with Gasteiger partial charge in [-0.3, -0.25) is 9.59 Å². The number of benzene rings is 1. The number of aliphatic carboxylic acids is 1. The molecular formula is C16H18N4O3. The number of amides is 1. The van der Waals surface area contributed by atoms with Crippen molar-refractivity contribution in [3.8, 4) is 5.69 Å². The van der Waals surface area contributed by atoms with Crippen molar-refractivity contribution in [1.82, 2.24) is 20.3 Å². The Morgan fingerprint density at radius 3 is 2.48 bits per heavy atom. The van der Waals surface area contributed by atoms with Crippen LogP contribution in [0.25, 0.3) is 5.69 Å². The van der Waals surface area contributed by atoms with Crippen LogP contribution in [0.2, 0.25) is 0 Å². The van der Waals surface area contributed by atoms with Crippen LogP contribution in [0.5, 0.6) is 0 Å². The number of nitrogens with zero attached hydrogens (tertiary/aromatic N) is 3. The van der Waals surface area contributed by atoms with Gasteiger partial charge in [-0.15, -0.1) is 5.10 Å². The predicted octanol–water partition coefficient (Wildman–Crippen LogP) is 1.64. The normalized spacial score (nSPS) is 20.9. The Morgan fingerprint density at radius 1 is 1.13 bits per heavy atom. The zero-order valence-electron chi connectivity index (χ0n) is 12.6. The fraction of sp³-hybridized carbons (Fsp3) is 0.375. The summed E-state index contributed by atoms with van der Waals surface area (Å²) in [6.45, 7) is 0. The van der Waals surface area contributed by atoms with E-state index in [-0.39, 0.29) is 23.6 Å². The smallest absolute Gasteiger partial charge is 0.306 e. The number of carboxylic acids is 1. The van der Waals surface area contributed by atoms with Gasteiger partial charge in [0.1, 0.15) is 0 Å². The molecule has 3 rings (SSSR count). The lowest BCUT2D eigenvalue weighted by Crippen LogP contribution is -2.38. The highest BCUT2D eigenvalue weighted by Gasteiger charge is 2.27. The van der Waals surface area contributed by atoms with E-state index in [1.807, 2.05) is 30.3 Å². The first-order chi connectivity index (χ1) is 11.1. The second-order valence-electron chi connectivity index (χ2n) is 5.74. The van der Waals surface area contributed by atoms with Crippen LogP contribution in [0.1, 0.15) is 36.2 Å². The van der Waals surface area contributed by atoms with Gasteiger partial charge in [0.05, 0.1) is 17.8 Å². The summed E-state index contributed by atoms with van der Waals surface area (Å²) in [5.74, 6) is -1.31. The molecule has 1 aliphatic carbocycles. The maximum atomic E-state index is 12.2. The van der Waals surface area contributed by atoms with E-state index in [0.717, 1.165) is 5.69 Å². The van der Waals surface area contributed by atoms with Gasteiger partial charge in [-0.1, -0.05) is 23.4 Å². The summed E-state index contributed by atoms with van der Waals surface area (Å²) in [6.07, 6.45) is 4.13. The lowest BCUT2D eigenvalue weighted by Gasteiger charge is -2.26. The molecule has 1 heterocycles. The van der Waals surface area contributed by atoms with Gasteiger partial charge in [-0.25, -0.2) is 4.68 Å². The van der Waals surface area contributed by atoms with Gasteiger partial charge in [0, 0.05) is 6.04 Å². The van der Waals surface area contributed by atoms with Gasteiger partial charge in [0.25, 0.3) is 5.91 Å². The first-order valence-electron chi connectivity index (χ1n) is 7.65. The molecule has 0 atom stereocenters. The largest absolute Gasteiger partial charge is 0.481 e. The summed E-state index contributed by atoms with van der Waals surface area (Å²) in [5, 5.41) is 19.8. The summed E-state index contributed by atoms with van der Waals surface area (Å²) < 4.78 is 1.55. The standard InChI is InChI=1S/C16H18N4O3/c21-15(17-12-8-6-11(7-9-12)16(22)23)14-10-20(19-18-14)13-4-2-1-3-5-13/h1-5,10-12H,6-9H2,(H,17,21)(H,22,23). The number of nitrogens with one attached hydrogen (secondary N) is 1. The van der Waals surface area contributed by atoms with Gasteiger partial charge in [0.2, 0.25) is 0 Å². The third-order valence-electron chi connectivity index (χ3n) is 4.16. The number of carbonyl (C=O) groups is 2. The first-order valence-corrected chi connectivity index (χ1v) is 7.65. The van der Waals surface area contributed by atoms with Crippen molar-refractivity contribution < 1.29 is 14.7 Å². The molecule has 1 aromatic carbocycles. The zero-order chi connectivity index (χ0) is 16.2. The Bertz CT molecular complexity index is 690. The molecule has 7 heteroatoms. The Hall–Kier alpha value is -2.70. The van der Waals surface area contributed by atoms with E-state index in [2.05, 4.69) is 15.6 Å². The van der Waals surface area contributed by atoms with Gasteiger partial charge in [-0.2, -0.15) is 0 Å². The molecule has 2 N–H and O–H groups in total. The maximum absolute atomic E-state index is 12.2. The number of hydrogen-bond acceptors (Lipinski definition) is 4. The number of para-hydroxylation sites is 1. The highest BCUT2D eigenvalue weighted by Crippen LogP contribution is 2.24. The molecule has 0 spiro atoms. The number of carbonyl (C=O) groups excluding carboxylic acids is 1. The van der Waals surface area contributed by atoms with Crippen LogP contribution in [0.4, 0.5) is 0 Å². The van der Waals surface area contributed by atoms with E-state index in [4.69, 9.17) is 5.11 Å². The Morgan fingerprint density at radius 2 is 1.83 bits per heavy atom. The fourth-order valence-electron chi connectivity index (χ4n) is 2.82. The summed E-state index contributed by atoms with van der Waals surface area (Å²) in [4.78, 5) is 23.2. The molecule has 0 saturated heterocycles. The molecular weight excluding hydrogens is 296 g/mol. The molecule has 1 amide bonds. The van der Waals surface area contributed by atoms with Crippen LogP contribution < -0.4 is 5.32 Å². The van der Waals surface area contributed by atoms with E-state index in [9.17, 15) is 9.59 Å². The highest BCUT2D eigenvalue weighted by atomic mass is 16.4. The zero-order valence-corrected chi connectivity index (χ0v) is 12.6. The minimum absolute atomic E-state index is 0.0000229. The average molecular weight is 314 g/mol. The SMILES string of the molecule is O=C(NC1CCC(C(=O)O)CC1)c1cn(-c2ccccc2)nn1. The molecule has 0 radical (unpaired) electrons. The second kappa shape index (κ2) is 6.60. The molecule has 1 aromatic heterocycles. The van der Waals surface area contributed by atoms with Crippen LogP contribution in [0, 0.1) is 5.92 Å². The van der Waals surface area contributed by atoms with Crippen LogP contribution in [-0.2, 0) is 4.79 Å². The van der Waals surface area contributed by atoms with Crippen LogP contribution in [-0.4, -0.2) is 38.0 Å². The third-order valence-corrected chi connectivity index (χ3v) is 4.16. The molecule has 1 aliphatic rings. The third kappa shape index (κ3) is 3.56. The summed E-state index contributed by atoms with van der Waals surface area (Å²) >= 11 is 0. The number of carboxylic acid groups (broad SMARTS) is 1. The minimum atomic E-state index is -0.749. The topological polar surface area (TPSA) is 97.1 Å². The molecule has 0 bridgehead atoms. The first kappa shape index (κ1) is 15.2. The average Bonchev–Trinajstić information content (AvgIpc) is 3.06. The van der Waals surface area contributed by atoms with Crippen molar-refractivity contribution in [3.05, 3.63) is 42.2 Å². The predicted molar refractivity (Wildman–Crippen MR) is 82.2 cm³/mol. The van der Waals surface area contributed by atoms with Crippen LogP contribution in [0.3, 0.4) is 0 Å². The molecule has 23 heavy (non-hydrogen) atoms. The number of hydrogen-bond donors (Lipinski definition) is 2. The maximum Gasteiger partial charge on any atom is 0.306 e. The highest BCUT2D eigenvalue weighted by molar-refractivity contribution is 5.92. The molecule has 1 fully saturated rings. The number of aromatic nitrogens is 3. The molecule has 2 aromatic rings. The van der Waals surface area contributed by atoms with Crippen molar-refractivity contribution in [1.29, 1.82) is 0 Å². The van der Waals surface area contributed by atoms with E-state index in [0.29, 0.717) is 25.7 Å². The summed E-state index contributed by atoms with van der Waals surface area (Å²) in [6, 6.07) is 9.43. The Kier molecular flexibility index (Phi) is 4.36. The van der Waals surface area contributed by atoms with Gasteiger partial charge >= 0.3 is 5.97 Å². The second-order valence-corrected chi connectivity index (χ2v) is 5.74. The van der Waals surface area contributed by atoms with Crippen molar-refractivity contribution in [3.63, 3.8) is 0 Å². The van der Waals surface area contributed by atoms with Crippen LogP contribution in [0.15, 0.2) is 36.5 Å². The molecule has 120 valence electrons. The molecule has 1 saturated carbocycles. The molecule has 7 nitrogen and oxygen atoms in total. The van der Waals surface area contributed by atoms with Gasteiger partial charge in [-0.05, 0) is 37.8 Å². The summed E-state index contributed by atoms with van der Waals surface area (Å²) in [5.41, 5.74) is 1.09. The van der Waals surface area contributed by atoms with E-state index < -0.39 is 5.97 Å².